The van der Waals surface area contributed by atoms with E-state index in [0.717, 1.165) is 0 Å². The molecular formula is C10H9N3O5. The molecule has 0 unspecified atom stereocenters. The summed E-state index contributed by atoms with van der Waals surface area (Å²) in [6.45, 7) is 1.57. The third-order valence-corrected chi connectivity index (χ3v) is 2.32. The molecule has 0 aliphatic rings. The first-order valence-corrected chi connectivity index (χ1v) is 4.97. The quantitative estimate of drug-likeness (QED) is 0.653. The molecule has 1 amide bonds. The van der Waals surface area contributed by atoms with Crippen molar-refractivity contribution in [3.8, 4) is 11.5 Å². The summed E-state index contributed by atoms with van der Waals surface area (Å²) in [6.07, 6.45) is 0. The first kappa shape index (κ1) is 11.8. The van der Waals surface area contributed by atoms with E-state index in [2.05, 4.69) is 10.5 Å². The second-order valence-electron chi connectivity index (χ2n) is 3.44. The molecule has 18 heavy (non-hydrogen) atoms. The van der Waals surface area contributed by atoms with Crippen molar-refractivity contribution >= 4 is 11.8 Å². The minimum atomic E-state index is -0.671. The molecule has 2 heterocycles. The van der Waals surface area contributed by atoms with E-state index < -0.39 is 16.7 Å². The smallest absolute Gasteiger partial charge is 0.399 e. The van der Waals surface area contributed by atoms with E-state index in [1.165, 1.54) is 19.2 Å². The molecule has 0 saturated heterocycles. The van der Waals surface area contributed by atoms with Gasteiger partial charge in [-0.3, -0.25) is 14.9 Å². The van der Waals surface area contributed by atoms with Crippen LogP contribution in [0.1, 0.15) is 16.1 Å². The van der Waals surface area contributed by atoms with Crippen LogP contribution in [0, 0.1) is 17.0 Å². The van der Waals surface area contributed by atoms with E-state index in [1.54, 1.807) is 6.92 Å². The topological polar surface area (TPSA) is 111 Å². The van der Waals surface area contributed by atoms with Gasteiger partial charge in [0.25, 0.3) is 5.91 Å². The first-order valence-electron chi connectivity index (χ1n) is 4.97. The molecule has 0 saturated carbocycles. The Balaban J connectivity index is 2.50. The Kier molecular flexibility index (Phi) is 2.84. The Morgan fingerprint density at radius 1 is 1.50 bits per heavy atom. The highest BCUT2D eigenvalue weighted by molar-refractivity contribution is 6.00. The van der Waals surface area contributed by atoms with Crippen molar-refractivity contribution in [2.75, 3.05) is 7.05 Å². The van der Waals surface area contributed by atoms with Crippen LogP contribution in [0.2, 0.25) is 0 Å². The average Bonchev–Trinajstić information content (AvgIpc) is 2.94. The first-order chi connectivity index (χ1) is 8.54. The van der Waals surface area contributed by atoms with Gasteiger partial charge in [0.2, 0.25) is 0 Å². The van der Waals surface area contributed by atoms with E-state index in [9.17, 15) is 14.9 Å². The summed E-state index contributed by atoms with van der Waals surface area (Å²) in [7, 11) is 1.46. The van der Waals surface area contributed by atoms with Gasteiger partial charge in [-0.2, -0.15) is 0 Å². The van der Waals surface area contributed by atoms with Gasteiger partial charge in [-0.25, -0.2) is 0 Å². The monoisotopic (exact) mass is 251 g/mol. The van der Waals surface area contributed by atoms with Gasteiger partial charge in [-0.05, 0) is 13.0 Å². The summed E-state index contributed by atoms with van der Waals surface area (Å²) >= 11 is 0. The fourth-order valence-electron chi connectivity index (χ4n) is 1.49. The zero-order valence-corrected chi connectivity index (χ0v) is 9.59. The molecule has 8 heteroatoms. The summed E-state index contributed by atoms with van der Waals surface area (Å²) in [6, 6.07) is 2.55. The lowest BCUT2D eigenvalue weighted by atomic mass is 10.1. The molecule has 2 aromatic rings. The molecule has 0 radical (unpaired) electrons. The molecule has 2 rings (SSSR count). The SMILES string of the molecule is CNC(=O)c1c(-c2ccc([N+](=O)[O-])o2)noc1C. The molecule has 0 aromatic carbocycles. The minimum absolute atomic E-state index is 0.108. The van der Waals surface area contributed by atoms with Crippen molar-refractivity contribution in [1.82, 2.24) is 10.5 Å². The number of amides is 1. The van der Waals surface area contributed by atoms with Crippen LogP contribution in [0.3, 0.4) is 0 Å². The van der Waals surface area contributed by atoms with Gasteiger partial charge in [-0.15, -0.1) is 0 Å². The van der Waals surface area contributed by atoms with Crippen LogP contribution in [-0.4, -0.2) is 23.0 Å². The van der Waals surface area contributed by atoms with E-state index >= 15 is 0 Å². The van der Waals surface area contributed by atoms with E-state index in [4.69, 9.17) is 8.94 Å². The van der Waals surface area contributed by atoms with E-state index in [0.29, 0.717) is 5.76 Å². The zero-order valence-electron chi connectivity index (χ0n) is 9.59. The highest BCUT2D eigenvalue weighted by Crippen LogP contribution is 2.29. The summed E-state index contributed by atoms with van der Waals surface area (Å²) < 4.78 is 9.88. The van der Waals surface area contributed by atoms with Crippen molar-refractivity contribution in [3.63, 3.8) is 0 Å². The maximum Gasteiger partial charge on any atom is 0.433 e. The van der Waals surface area contributed by atoms with Crippen LogP contribution in [0.25, 0.3) is 11.5 Å². The Labute approximate surface area is 101 Å². The number of furan rings is 1. The number of hydrogen-bond donors (Lipinski definition) is 1. The third kappa shape index (κ3) is 1.83. The number of nitro groups is 1. The normalized spacial score (nSPS) is 10.3. The highest BCUT2D eigenvalue weighted by Gasteiger charge is 2.24. The molecule has 0 aliphatic carbocycles. The van der Waals surface area contributed by atoms with Crippen LogP contribution >= 0.6 is 0 Å². The number of hydrogen-bond acceptors (Lipinski definition) is 6. The van der Waals surface area contributed by atoms with Crippen LogP contribution in [-0.2, 0) is 0 Å². The number of aromatic nitrogens is 1. The molecule has 0 spiro atoms. The zero-order chi connectivity index (χ0) is 13.3. The van der Waals surface area contributed by atoms with Crippen molar-refractivity contribution < 1.29 is 18.7 Å². The van der Waals surface area contributed by atoms with Gasteiger partial charge in [0.1, 0.15) is 16.2 Å². The fourth-order valence-corrected chi connectivity index (χ4v) is 1.49. The Bertz CT molecular complexity index is 613. The van der Waals surface area contributed by atoms with Crippen LogP contribution < -0.4 is 5.32 Å². The lowest BCUT2D eigenvalue weighted by molar-refractivity contribution is -0.401. The summed E-state index contributed by atoms with van der Waals surface area (Å²) in [5.74, 6) is -0.406. The summed E-state index contributed by atoms with van der Waals surface area (Å²) in [4.78, 5) is 21.5. The molecule has 1 N–H and O–H groups in total. The van der Waals surface area contributed by atoms with E-state index in [-0.39, 0.29) is 17.0 Å². The third-order valence-electron chi connectivity index (χ3n) is 2.32. The minimum Gasteiger partial charge on any atom is -0.399 e. The molecular weight excluding hydrogens is 242 g/mol. The van der Waals surface area contributed by atoms with Crippen LogP contribution in [0.5, 0.6) is 0 Å². The molecule has 2 aromatic heterocycles. The van der Waals surface area contributed by atoms with Crippen molar-refractivity contribution in [1.29, 1.82) is 0 Å². The maximum atomic E-state index is 11.6. The van der Waals surface area contributed by atoms with Gasteiger partial charge in [0.15, 0.2) is 11.5 Å². The lowest BCUT2D eigenvalue weighted by Crippen LogP contribution is -2.18. The lowest BCUT2D eigenvalue weighted by Gasteiger charge is -1.97. The van der Waals surface area contributed by atoms with Crippen LogP contribution in [0.15, 0.2) is 21.1 Å². The summed E-state index contributed by atoms with van der Waals surface area (Å²) in [5, 5.41) is 16.6. The highest BCUT2D eigenvalue weighted by atomic mass is 16.6. The predicted molar refractivity (Wildman–Crippen MR) is 59.0 cm³/mol. The predicted octanol–water partition coefficient (Wildman–Crippen LogP) is 1.51. The number of nitrogens with one attached hydrogen (secondary N) is 1. The molecule has 0 bridgehead atoms. The second-order valence-corrected chi connectivity index (χ2v) is 3.44. The number of rotatable bonds is 3. The van der Waals surface area contributed by atoms with Crippen LogP contribution in [0.4, 0.5) is 5.88 Å². The Morgan fingerprint density at radius 3 is 2.78 bits per heavy atom. The number of carbonyl (C=O) groups is 1. The fraction of sp³-hybridized carbons (Fsp3) is 0.200. The van der Waals surface area contributed by atoms with Gasteiger partial charge in [-0.1, -0.05) is 5.16 Å². The second kappa shape index (κ2) is 4.32. The Morgan fingerprint density at radius 2 is 2.22 bits per heavy atom. The van der Waals surface area contributed by atoms with Crippen molar-refractivity contribution in [3.05, 3.63) is 33.6 Å². The average molecular weight is 251 g/mol. The molecule has 8 nitrogen and oxygen atoms in total. The van der Waals surface area contributed by atoms with E-state index in [1.807, 2.05) is 0 Å². The number of carbonyl (C=O) groups excluding carboxylic acids is 1. The molecule has 94 valence electrons. The number of nitrogens with zero attached hydrogens (tertiary/aromatic N) is 2. The summed E-state index contributed by atoms with van der Waals surface area (Å²) in [5.41, 5.74) is 0.335. The standard InChI is InChI=1S/C10H9N3O5/c1-5-8(10(14)11-2)9(12-18-5)6-3-4-7(17-6)13(15)16/h3-4H,1-2H3,(H,11,14). The van der Waals surface area contributed by atoms with Gasteiger partial charge < -0.3 is 14.3 Å². The Hall–Kier alpha value is -2.64. The van der Waals surface area contributed by atoms with Gasteiger partial charge in [0.05, 0.1) is 6.07 Å². The van der Waals surface area contributed by atoms with Crippen molar-refractivity contribution in [2.45, 2.75) is 6.92 Å². The van der Waals surface area contributed by atoms with Gasteiger partial charge in [0, 0.05) is 7.05 Å². The molecule has 0 fully saturated rings. The number of aryl methyl sites for hydroxylation is 1. The molecule has 0 aliphatic heterocycles. The molecule has 0 atom stereocenters. The van der Waals surface area contributed by atoms with Gasteiger partial charge >= 0.3 is 5.88 Å². The largest absolute Gasteiger partial charge is 0.433 e. The van der Waals surface area contributed by atoms with Crippen molar-refractivity contribution in [2.24, 2.45) is 0 Å². The maximum absolute atomic E-state index is 11.6.